The maximum Gasteiger partial charge on any atom is 3.00 e. The van der Waals surface area contributed by atoms with E-state index in [1.807, 2.05) is 36.8 Å². The summed E-state index contributed by atoms with van der Waals surface area (Å²) in [4.78, 5) is 48.3. The monoisotopic (exact) mass is 1100 g/mol. The van der Waals surface area contributed by atoms with Gasteiger partial charge >= 0.3 is 20.1 Å². The number of aryl methyl sites for hydroxylation is 9. The first-order chi connectivity index (χ1) is 32.9. The van der Waals surface area contributed by atoms with Crippen LogP contribution in [0.25, 0.3) is 51.2 Å². The van der Waals surface area contributed by atoms with Crippen LogP contribution in [0.5, 0.6) is 0 Å². The number of aromatic nitrogens is 6. The number of benzene rings is 6. The summed E-state index contributed by atoms with van der Waals surface area (Å²) in [6, 6.07) is 38.8. The number of ketones is 3. The second kappa shape index (κ2) is 22.4. The van der Waals surface area contributed by atoms with Crippen molar-refractivity contribution in [2.75, 3.05) is 0 Å². The van der Waals surface area contributed by atoms with Gasteiger partial charge in [-0.2, -0.15) is 0 Å². The van der Waals surface area contributed by atoms with Crippen molar-refractivity contribution in [3.05, 3.63) is 213 Å². The minimum Gasteiger partial charge on any atom is -0.340 e. The number of imidazole rings is 3. The number of carbonyl (C=O) groups is 3. The fourth-order valence-electron chi connectivity index (χ4n) is 9.15. The predicted octanol–water partition coefficient (Wildman–Crippen LogP) is 13.4. The molecule has 3 aromatic heterocycles. The van der Waals surface area contributed by atoms with Gasteiger partial charge in [0.1, 0.15) is 17.3 Å². The number of rotatable bonds is 9. The van der Waals surface area contributed by atoms with Crippen molar-refractivity contribution in [3.63, 3.8) is 0 Å². The van der Waals surface area contributed by atoms with Gasteiger partial charge in [-0.25, -0.2) is 0 Å². The van der Waals surface area contributed by atoms with Crippen LogP contribution in [0.15, 0.2) is 128 Å². The Hall–Kier alpha value is -7.39. The van der Waals surface area contributed by atoms with E-state index in [9.17, 15) is 14.4 Å². The van der Waals surface area contributed by atoms with Gasteiger partial charge in [-0.15, -0.1) is 89.5 Å². The molecular formula is C60H57IrN6O3. The zero-order chi connectivity index (χ0) is 49.7. The van der Waals surface area contributed by atoms with Crippen LogP contribution in [0.1, 0.15) is 102 Å². The Kier molecular flexibility index (Phi) is 16.6. The molecule has 0 bridgehead atoms. The zero-order valence-electron chi connectivity index (χ0n) is 41.9. The zero-order valence-corrected chi connectivity index (χ0v) is 44.3. The van der Waals surface area contributed by atoms with Crippen molar-refractivity contribution in [3.8, 4) is 51.2 Å². The Bertz CT molecular complexity index is 2960. The van der Waals surface area contributed by atoms with Crippen LogP contribution in [0.4, 0.5) is 0 Å². The molecule has 0 unspecified atom stereocenters. The summed E-state index contributed by atoms with van der Waals surface area (Å²) in [6.07, 6.45) is 11.2. The molecular weight excluding hydrogens is 1040 g/mol. The van der Waals surface area contributed by atoms with Gasteiger partial charge in [0.25, 0.3) is 0 Å². The summed E-state index contributed by atoms with van der Waals surface area (Å²) in [5.41, 5.74) is 18.8. The van der Waals surface area contributed by atoms with E-state index in [1.165, 1.54) is 50.1 Å². The molecule has 0 atom stereocenters. The van der Waals surface area contributed by atoms with Gasteiger partial charge in [0.05, 0.1) is 17.5 Å². The van der Waals surface area contributed by atoms with Crippen LogP contribution in [0.3, 0.4) is 0 Å². The van der Waals surface area contributed by atoms with Crippen LogP contribution in [0.2, 0.25) is 0 Å². The van der Waals surface area contributed by atoms with Gasteiger partial charge in [0.2, 0.25) is 0 Å². The van der Waals surface area contributed by atoms with E-state index in [-0.39, 0.29) is 37.5 Å². The van der Waals surface area contributed by atoms with E-state index in [0.29, 0.717) is 16.7 Å². The first-order valence-corrected chi connectivity index (χ1v) is 22.9. The number of hydrogen-bond acceptors (Lipinski definition) is 6. The number of hydrogen-bond donors (Lipinski definition) is 0. The average Bonchev–Trinajstić information content (AvgIpc) is 4.09. The Morgan fingerprint density at radius 2 is 0.614 bits per heavy atom. The van der Waals surface area contributed by atoms with Crippen molar-refractivity contribution in [2.24, 2.45) is 0 Å². The van der Waals surface area contributed by atoms with E-state index in [0.717, 1.165) is 51.2 Å². The number of nitrogens with zero attached hydrogens (tertiary/aromatic N) is 6. The number of carbonyl (C=O) groups excluding carboxylic acids is 3. The maximum absolute atomic E-state index is 11.6. The van der Waals surface area contributed by atoms with Crippen molar-refractivity contribution >= 4 is 17.3 Å². The van der Waals surface area contributed by atoms with Crippen molar-refractivity contribution in [1.29, 1.82) is 0 Å². The van der Waals surface area contributed by atoms with Gasteiger partial charge in [-0.1, -0.05) is 69.8 Å². The third kappa shape index (κ3) is 11.5. The van der Waals surface area contributed by atoms with Gasteiger partial charge in [0, 0.05) is 54.2 Å². The minimum atomic E-state index is 0. The molecule has 70 heavy (non-hydrogen) atoms. The molecule has 3 heterocycles. The van der Waals surface area contributed by atoms with Crippen molar-refractivity contribution in [1.82, 2.24) is 28.7 Å². The maximum atomic E-state index is 11.6. The Morgan fingerprint density at radius 3 is 0.829 bits per heavy atom. The van der Waals surface area contributed by atoms with Crippen LogP contribution in [-0.4, -0.2) is 46.0 Å². The largest absolute Gasteiger partial charge is 3.00 e. The second-order valence-corrected chi connectivity index (χ2v) is 17.7. The summed E-state index contributed by atoms with van der Waals surface area (Å²) < 4.78 is 6.21. The Morgan fingerprint density at radius 1 is 0.386 bits per heavy atom. The molecule has 0 radical (unpaired) electrons. The summed E-state index contributed by atoms with van der Waals surface area (Å²) in [5, 5.41) is 0. The van der Waals surface area contributed by atoms with Gasteiger partial charge in [0.15, 0.2) is 0 Å². The smallest absolute Gasteiger partial charge is 0.340 e. The SMILES string of the molecule is CC(=O)c1cc[c-]c(-c2nccn2-c2c(C)cc(C)cc2C)c1.CC(=O)c1cc[c-]c(-c2nccn2-c2c(C)cc(C)cc2C)c1.CC(=O)c1cc[c-]c(-c2nccn2-c2c(C)cc(C)cc2C)c1.[Ir+3]. The predicted molar refractivity (Wildman–Crippen MR) is 276 cm³/mol. The fourth-order valence-corrected chi connectivity index (χ4v) is 9.15. The molecule has 9 aromatic rings. The normalized spacial score (nSPS) is 10.6. The molecule has 0 aliphatic heterocycles. The molecule has 6 aromatic carbocycles. The molecule has 0 saturated heterocycles. The molecule has 0 amide bonds. The molecule has 0 aliphatic rings. The Balaban J connectivity index is 0.000000171. The molecule has 0 aliphatic carbocycles. The molecule has 0 saturated carbocycles. The summed E-state index contributed by atoms with van der Waals surface area (Å²) in [7, 11) is 0. The van der Waals surface area contributed by atoms with E-state index < -0.39 is 0 Å². The molecule has 354 valence electrons. The van der Waals surface area contributed by atoms with Crippen LogP contribution >= 0.6 is 0 Å². The summed E-state index contributed by atoms with van der Waals surface area (Å²) in [5.74, 6) is 2.51. The topological polar surface area (TPSA) is 105 Å². The minimum absolute atomic E-state index is 0. The third-order valence-corrected chi connectivity index (χ3v) is 11.9. The van der Waals surface area contributed by atoms with E-state index in [1.54, 1.807) is 75.8 Å². The number of Topliss-reactive ketones (excluding diaryl/α,β-unsaturated/α-hetero) is 3. The standard InChI is InChI=1S/3C20H19N2O.Ir/c3*1-13-10-14(2)19(15(3)11-13)22-9-8-21-20(22)18-7-5-6-17(12-18)16(4)23;/h3*5-6,8-12H,1-4H3;/q3*-1;+3. The molecule has 0 fully saturated rings. The van der Waals surface area contributed by atoms with E-state index in [4.69, 9.17) is 0 Å². The third-order valence-electron chi connectivity index (χ3n) is 11.9. The molecule has 10 heteroatoms. The summed E-state index contributed by atoms with van der Waals surface area (Å²) >= 11 is 0. The molecule has 9 rings (SSSR count). The molecule has 0 spiro atoms. The first kappa shape index (κ1) is 52.0. The van der Waals surface area contributed by atoms with Gasteiger partial charge in [-0.3, -0.25) is 29.3 Å². The van der Waals surface area contributed by atoms with Crippen LogP contribution in [-0.2, 0) is 20.1 Å². The average molecular weight is 1100 g/mol. The van der Waals surface area contributed by atoms with Gasteiger partial charge in [-0.05, 0) is 116 Å². The second-order valence-electron chi connectivity index (χ2n) is 17.7. The molecule has 0 N–H and O–H groups in total. The van der Waals surface area contributed by atoms with Crippen LogP contribution < -0.4 is 0 Å². The van der Waals surface area contributed by atoms with E-state index in [2.05, 4.69) is 146 Å². The van der Waals surface area contributed by atoms with Crippen molar-refractivity contribution in [2.45, 2.75) is 83.1 Å². The van der Waals surface area contributed by atoms with Crippen LogP contribution in [0, 0.1) is 80.5 Å². The Labute approximate surface area is 425 Å². The first-order valence-electron chi connectivity index (χ1n) is 22.9. The fraction of sp³-hybridized carbons (Fsp3) is 0.200. The quantitative estimate of drug-likeness (QED) is 0.105. The summed E-state index contributed by atoms with van der Waals surface area (Å²) in [6.45, 7) is 23.6. The molecule has 9 nitrogen and oxygen atoms in total. The van der Waals surface area contributed by atoms with Crippen molar-refractivity contribution < 1.29 is 34.5 Å². The van der Waals surface area contributed by atoms with E-state index >= 15 is 0 Å². The van der Waals surface area contributed by atoms with Gasteiger partial charge < -0.3 is 13.7 Å².